The van der Waals surface area contributed by atoms with Crippen molar-refractivity contribution >= 4 is 33.6 Å². The van der Waals surface area contributed by atoms with Gasteiger partial charge in [-0.25, -0.2) is 0 Å². The number of halogens is 1. The molecule has 3 aromatic rings. The molecule has 3 rings (SSSR count). The lowest BCUT2D eigenvalue weighted by molar-refractivity contribution is -0.119. The summed E-state index contributed by atoms with van der Waals surface area (Å²) in [5.41, 5.74) is 2.04. The third-order valence-electron chi connectivity index (χ3n) is 4.14. The van der Waals surface area contributed by atoms with Crippen molar-refractivity contribution in [2.45, 2.75) is 24.7 Å². The summed E-state index contributed by atoms with van der Waals surface area (Å²) in [6.07, 6.45) is 1.80. The number of nitrogens with zero attached hydrogens (tertiary/aromatic N) is 3. The first kappa shape index (κ1) is 20.4. The molecule has 1 unspecified atom stereocenters. The molecule has 7 heteroatoms. The molecule has 5 nitrogen and oxygen atoms in total. The maximum Gasteiger partial charge on any atom is 0.230 e. The molecule has 0 saturated carbocycles. The van der Waals surface area contributed by atoms with Crippen LogP contribution in [0, 0.1) is 0 Å². The lowest BCUT2D eigenvalue weighted by Gasteiger charge is -2.14. The van der Waals surface area contributed by atoms with Gasteiger partial charge < -0.3 is 5.32 Å². The van der Waals surface area contributed by atoms with Crippen molar-refractivity contribution < 1.29 is 4.79 Å². The van der Waals surface area contributed by atoms with Crippen molar-refractivity contribution in [1.29, 1.82) is 0 Å². The summed E-state index contributed by atoms with van der Waals surface area (Å²) in [6.45, 7) is 6.37. The van der Waals surface area contributed by atoms with Gasteiger partial charge in [0.2, 0.25) is 5.91 Å². The van der Waals surface area contributed by atoms with Crippen molar-refractivity contribution in [3.63, 3.8) is 0 Å². The fourth-order valence-electron chi connectivity index (χ4n) is 2.74. The highest BCUT2D eigenvalue weighted by molar-refractivity contribution is 9.10. The minimum Gasteiger partial charge on any atom is -0.349 e. The van der Waals surface area contributed by atoms with E-state index in [9.17, 15) is 4.79 Å². The van der Waals surface area contributed by atoms with Crippen molar-refractivity contribution in [2.24, 2.45) is 0 Å². The predicted molar refractivity (Wildman–Crippen MR) is 117 cm³/mol. The van der Waals surface area contributed by atoms with Crippen molar-refractivity contribution in [2.75, 3.05) is 5.75 Å². The fraction of sp³-hybridized carbons (Fsp3) is 0.190. The Morgan fingerprint density at radius 3 is 2.61 bits per heavy atom. The third kappa shape index (κ3) is 5.11. The number of aromatic nitrogens is 3. The molecule has 0 fully saturated rings. The monoisotopic (exact) mass is 456 g/mol. The predicted octanol–water partition coefficient (Wildman–Crippen LogP) is 4.86. The fourth-order valence-corrected chi connectivity index (χ4v) is 3.76. The van der Waals surface area contributed by atoms with Crippen LogP contribution >= 0.6 is 27.7 Å². The maximum atomic E-state index is 12.4. The van der Waals surface area contributed by atoms with Crippen LogP contribution in [0.3, 0.4) is 0 Å². The van der Waals surface area contributed by atoms with Crippen molar-refractivity contribution in [1.82, 2.24) is 20.1 Å². The molecule has 1 atom stereocenters. The maximum absolute atomic E-state index is 12.4. The standard InChI is InChI=1S/C21H21BrN4OS/c1-3-13-26-20(17-9-11-18(22)12-10-17)24-25-21(26)28-14-19(27)23-15(2)16-7-5-4-6-8-16/h3-12,15H,1,13-14H2,2H3,(H,23,27). The molecule has 0 saturated heterocycles. The summed E-state index contributed by atoms with van der Waals surface area (Å²) in [7, 11) is 0. The summed E-state index contributed by atoms with van der Waals surface area (Å²) in [5.74, 6) is 0.986. The minimum absolute atomic E-state index is 0.0419. The van der Waals surface area contributed by atoms with Crippen LogP contribution in [0.4, 0.5) is 0 Å². The number of benzene rings is 2. The second kappa shape index (κ2) is 9.71. The molecule has 1 N–H and O–H groups in total. The van der Waals surface area contributed by atoms with E-state index < -0.39 is 0 Å². The highest BCUT2D eigenvalue weighted by atomic mass is 79.9. The minimum atomic E-state index is -0.0429. The first-order valence-corrected chi connectivity index (χ1v) is 10.6. The Morgan fingerprint density at radius 2 is 1.93 bits per heavy atom. The van der Waals surface area contributed by atoms with Gasteiger partial charge in [-0.15, -0.1) is 16.8 Å². The molecule has 0 spiro atoms. The SMILES string of the molecule is C=CCn1c(SCC(=O)NC(C)c2ccccc2)nnc1-c1ccc(Br)cc1. The molecule has 1 heterocycles. The van der Waals surface area contributed by atoms with Crippen molar-refractivity contribution in [3.8, 4) is 11.4 Å². The van der Waals surface area contributed by atoms with E-state index in [4.69, 9.17) is 0 Å². The Kier molecular flexibility index (Phi) is 7.06. The van der Waals surface area contributed by atoms with E-state index in [0.29, 0.717) is 11.7 Å². The highest BCUT2D eigenvalue weighted by Gasteiger charge is 2.16. The lowest BCUT2D eigenvalue weighted by atomic mass is 10.1. The van der Waals surface area contributed by atoms with Gasteiger partial charge in [-0.1, -0.05) is 76.2 Å². The average molecular weight is 457 g/mol. The van der Waals surface area contributed by atoms with E-state index in [1.165, 1.54) is 11.8 Å². The van der Waals surface area contributed by atoms with E-state index in [1.54, 1.807) is 6.08 Å². The number of carbonyl (C=O) groups is 1. The van der Waals surface area contributed by atoms with Gasteiger partial charge in [0.05, 0.1) is 11.8 Å². The van der Waals surface area contributed by atoms with E-state index in [1.807, 2.05) is 66.1 Å². The zero-order chi connectivity index (χ0) is 19.9. The van der Waals surface area contributed by atoms with Crippen LogP contribution < -0.4 is 5.32 Å². The van der Waals surface area contributed by atoms with Crippen LogP contribution in [-0.2, 0) is 11.3 Å². The summed E-state index contributed by atoms with van der Waals surface area (Å²) in [4.78, 5) is 12.4. The second-order valence-electron chi connectivity index (χ2n) is 6.20. The molecular weight excluding hydrogens is 436 g/mol. The first-order chi connectivity index (χ1) is 13.6. The average Bonchev–Trinajstić information content (AvgIpc) is 3.10. The highest BCUT2D eigenvalue weighted by Crippen LogP contribution is 2.25. The van der Waals surface area contributed by atoms with E-state index in [0.717, 1.165) is 21.4 Å². The zero-order valence-electron chi connectivity index (χ0n) is 15.5. The van der Waals surface area contributed by atoms with E-state index >= 15 is 0 Å². The quantitative estimate of drug-likeness (QED) is 0.388. The number of nitrogens with one attached hydrogen (secondary N) is 1. The zero-order valence-corrected chi connectivity index (χ0v) is 17.9. The summed E-state index contributed by atoms with van der Waals surface area (Å²) in [6, 6.07) is 17.8. The summed E-state index contributed by atoms with van der Waals surface area (Å²) >= 11 is 4.81. The van der Waals surface area contributed by atoms with Gasteiger partial charge in [0.1, 0.15) is 0 Å². The Labute approximate surface area is 177 Å². The van der Waals surface area contributed by atoms with Gasteiger partial charge in [-0.2, -0.15) is 0 Å². The normalized spacial score (nSPS) is 11.8. The number of carbonyl (C=O) groups excluding carboxylic acids is 1. The molecule has 0 aliphatic rings. The molecule has 28 heavy (non-hydrogen) atoms. The van der Waals surface area contributed by atoms with Crippen molar-refractivity contribution in [3.05, 3.63) is 77.3 Å². The van der Waals surface area contributed by atoms with Gasteiger partial charge in [0, 0.05) is 16.6 Å². The second-order valence-corrected chi connectivity index (χ2v) is 8.06. The molecule has 0 aliphatic carbocycles. The van der Waals surface area contributed by atoms with Gasteiger partial charge in [0.25, 0.3) is 0 Å². The van der Waals surface area contributed by atoms with Crippen LogP contribution in [0.2, 0.25) is 0 Å². The third-order valence-corrected chi connectivity index (χ3v) is 5.64. The number of hydrogen-bond acceptors (Lipinski definition) is 4. The molecule has 144 valence electrons. The van der Waals surface area contributed by atoms with Crippen LogP contribution in [0.15, 0.2) is 76.9 Å². The molecule has 2 aromatic carbocycles. The number of amides is 1. The van der Waals surface area contributed by atoms with Gasteiger partial charge in [0.15, 0.2) is 11.0 Å². The Bertz CT molecular complexity index is 941. The Balaban J connectivity index is 1.67. The molecule has 0 aliphatic heterocycles. The number of thioether (sulfide) groups is 1. The van der Waals surface area contributed by atoms with Gasteiger partial charge in [-0.05, 0) is 24.6 Å². The topological polar surface area (TPSA) is 59.8 Å². The van der Waals surface area contributed by atoms with E-state index in [2.05, 4.69) is 38.0 Å². The summed E-state index contributed by atoms with van der Waals surface area (Å²) in [5, 5.41) is 12.3. The molecule has 1 aromatic heterocycles. The molecule has 0 bridgehead atoms. The Morgan fingerprint density at radius 1 is 1.21 bits per heavy atom. The number of rotatable bonds is 8. The largest absolute Gasteiger partial charge is 0.349 e. The molecule has 0 radical (unpaired) electrons. The van der Waals surface area contributed by atoms with Crippen LogP contribution in [0.5, 0.6) is 0 Å². The lowest BCUT2D eigenvalue weighted by Crippen LogP contribution is -2.28. The number of allylic oxidation sites excluding steroid dienone is 1. The smallest absolute Gasteiger partial charge is 0.230 e. The summed E-state index contributed by atoms with van der Waals surface area (Å²) < 4.78 is 2.97. The van der Waals surface area contributed by atoms with Crippen LogP contribution in [0.1, 0.15) is 18.5 Å². The number of hydrogen-bond donors (Lipinski definition) is 1. The van der Waals surface area contributed by atoms with E-state index in [-0.39, 0.29) is 17.7 Å². The van der Waals surface area contributed by atoms with Gasteiger partial charge >= 0.3 is 0 Å². The first-order valence-electron chi connectivity index (χ1n) is 8.85. The molecule has 1 amide bonds. The van der Waals surface area contributed by atoms with Crippen LogP contribution in [0.25, 0.3) is 11.4 Å². The van der Waals surface area contributed by atoms with Crippen LogP contribution in [-0.4, -0.2) is 26.4 Å². The Hall–Kier alpha value is -2.38. The molecular formula is C21H21BrN4OS. The van der Waals surface area contributed by atoms with Gasteiger partial charge in [-0.3, -0.25) is 9.36 Å².